The van der Waals surface area contributed by atoms with Crippen molar-refractivity contribution in [3.8, 4) is 22.5 Å². The lowest BCUT2D eigenvalue weighted by Crippen LogP contribution is -2.17. The molecule has 9 heteroatoms. The molecule has 0 fully saturated rings. The maximum Gasteiger partial charge on any atom is 0.412 e. The number of nitrogens with zero attached hydrogens (tertiary/aromatic N) is 2. The average Bonchev–Trinajstić information content (AvgIpc) is 3.19. The quantitative estimate of drug-likeness (QED) is 0.331. The first-order valence-corrected chi connectivity index (χ1v) is 10.7. The van der Waals surface area contributed by atoms with Crippen molar-refractivity contribution in [3.05, 3.63) is 88.8 Å². The molecule has 2 N–H and O–H groups in total. The normalized spacial score (nSPS) is 11.6. The van der Waals surface area contributed by atoms with E-state index in [-0.39, 0.29) is 5.69 Å². The Bertz CT molecular complexity index is 1330. The Balaban J connectivity index is 1.50. The van der Waals surface area contributed by atoms with Crippen LogP contribution in [0.15, 0.2) is 71.4 Å². The molecule has 0 bridgehead atoms. The van der Waals surface area contributed by atoms with Crippen molar-refractivity contribution in [1.29, 1.82) is 0 Å². The molecule has 0 aliphatic rings. The van der Waals surface area contributed by atoms with Gasteiger partial charge in [0.15, 0.2) is 5.76 Å². The molecular weight excluding hydrogens is 458 g/mol. The third kappa shape index (κ3) is 4.92. The van der Waals surface area contributed by atoms with E-state index in [4.69, 9.17) is 26.0 Å². The molecule has 0 radical (unpaired) electrons. The van der Waals surface area contributed by atoms with Gasteiger partial charge in [0.1, 0.15) is 23.2 Å². The Hall–Kier alpha value is -4.17. The van der Waals surface area contributed by atoms with Gasteiger partial charge in [-0.15, -0.1) is 0 Å². The van der Waals surface area contributed by atoms with Crippen LogP contribution >= 0.6 is 11.6 Å². The second kappa shape index (κ2) is 9.76. The van der Waals surface area contributed by atoms with Crippen LogP contribution in [-0.2, 0) is 4.74 Å². The van der Waals surface area contributed by atoms with Gasteiger partial charge in [-0.05, 0) is 31.5 Å². The zero-order valence-corrected chi connectivity index (χ0v) is 19.0. The number of hydrogen-bond acceptors (Lipinski definition) is 6. The molecule has 8 nitrogen and oxygen atoms in total. The number of carbonyl (C=O) groups excluding carboxylic acids is 1. The van der Waals surface area contributed by atoms with Gasteiger partial charge in [0.2, 0.25) is 0 Å². The summed E-state index contributed by atoms with van der Waals surface area (Å²) in [6, 6.07) is 17.6. The molecule has 1 atom stereocenters. The number of carbonyl (C=O) groups is 2. The largest absolute Gasteiger partial charge is 0.477 e. The summed E-state index contributed by atoms with van der Waals surface area (Å²) in [7, 11) is 0. The van der Waals surface area contributed by atoms with Gasteiger partial charge >= 0.3 is 12.1 Å². The SMILES string of the molecule is Cc1noc(-c2ccc(-c3ccc(C(=O)O)nc3)cc2)c1NC(=O)OC(C)c1ccccc1Cl. The number of nitrogens with one attached hydrogen (secondary N) is 1. The average molecular weight is 478 g/mol. The number of pyridine rings is 1. The predicted octanol–water partition coefficient (Wildman–Crippen LogP) is 6.37. The Morgan fingerprint density at radius 3 is 2.35 bits per heavy atom. The summed E-state index contributed by atoms with van der Waals surface area (Å²) >= 11 is 6.19. The Kier molecular flexibility index (Phi) is 6.60. The van der Waals surface area contributed by atoms with Crippen molar-refractivity contribution in [2.75, 3.05) is 5.32 Å². The number of ether oxygens (including phenoxy) is 1. The number of carboxylic acid groups (broad SMARTS) is 1. The summed E-state index contributed by atoms with van der Waals surface area (Å²) in [4.78, 5) is 27.5. The van der Waals surface area contributed by atoms with Crippen molar-refractivity contribution < 1.29 is 24.0 Å². The van der Waals surface area contributed by atoms with Gasteiger partial charge in [0.05, 0.1) is 0 Å². The number of aromatic nitrogens is 2. The number of amides is 1. The van der Waals surface area contributed by atoms with Crippen LogP contribution in [0.2, 0.25) is 5.02 Å². The standard InChI is InChI=1S/C25H20ClN3O5/c1-14-22(28-25(32)33-15(2)19-5-3-4-6-20(19)26)23(34-29-14)17-9-7-16(8-10-17)18-11-12-21(24(30)31)27-13-18/h3-13,15H,1-2H3,(H,28,32)(H,30,31). The highest BCUT2D eigenvalue weighted by Gasteiger charge is 2.20. The second-order valence-corrected chi connectivity index (χ2v) is 7.89. The van der Waals surface area contributed by atoms with E-state index in [2.05, 4.69) is 15.5 Å². The fourth-order valence-electron chi connectivity index (χ4n) is 3.38. The van der Waals surface area contributed by atoms with Crippen LogP contribution in [0.1, 0.15) is 34.8 Å². The van der Waals surface area contributed by atoms with E-state index in [1.165, 1.54) is 12.3 Å². The van der Waals surface area contributed by atoms with Crippen molar-refractivity contribution in [2.24, 2.45) is 0 Å². The van der Waals surface area contributed by atoms with Gasteiger partial charge in [-0.3, -0.25) is 5.32 Å². The summed E-state index contributed by atoms with van der Waals surface area (Å²) in [6.45, 7) is 3.45. The van der Waals surface area contributed by atoms with Crippen LogP contribution in [0, 0.1) is 6.92 Å². The first kappa shape index (κ1) is 23.0. The maximum absolute atomic E-state index is 12.6. The van der Waals surface area contributed by atoms with Gasteiger partial charge in [0.25, 0.3) is 0 Å². The summed E-state index contributed by atoms with van der Waals surface area (Å²) in [5.41, 5.74) is 3.86. The molecule has 2 aromatic heterocycles. The number of benzene rings is 2. The van der Waals surface area contributed by atoms with Crippen molar-refractivity contribution in [3.63, 3.8) is 0 Å². The minimum Gasteiger partial charge on any atom is -0.477 e. The van der Waals surface area contributed by atoms with Crippen LogP contribution in [0.3, 0.4) is 0 Å². The molecule has 2 heterocycles. The van der Waals surface area contributed by atoms with Crippen molar-refractivity contribution in [2.45, 2.75) is 20.0 Å². The Labute approximate surface area is 200 Å². The van der Waals surface area contributed by atoms with Crippen molar-refractivity contribution >= 4 is 29.4 Å². The van der Waals surface area contributed by atoms with E-state index in [1.54, 1.807) is 38.1 Å². The fourth-order valence-corrected chi connectivity index (χ4v) is 3.67. The van der Waals surface area contributed by atoms with E-state index in [0.29, 0.717) is 33.3 Å². The van der Waals surface area contributed by atoms with Gasteiger partial charge in [0, 0.05) is 27.9 Å². The number of rotatable bonds is 6. The van der Waals surface area contributed by atoms with Crippen LogP contribution in [0.25, 0.3) is 22.5 Å². The summed E-state index contributed by atoms with van der Waals surface area (Å²) in [5.74, 6) is -0.701. The van der Waals surface area contributed by atoms with Gasteiger partial charge in [-0.1, -0.05) is 65.3 Å². The minimum atomic E-state index is -1.08. The van der Waals surface area contributed by atoms with Gasteiger partial charge in [-0.25, -0.2) is 14.6 Å². The van der Waals surface area contributed by atoms with Crippen LogP contribution in [0.4, 0.5) is 10.5 Å². The molecule has 0 spiro atoms. The smallest absolute Gasteiger partial charge is 0.412 e. The predicted molar refractivity (Wildman–Crippen MR) is 127 cm³/mol. The third-order valence-electron chi connectivity index (χ3n) is 5.18. The first-order chi connectivity index (χ1) is 16.3. The molecule has 172 valence electrons. The number of halogens is 1. The third-order valence-corrected chi connectivity index (χ3v) is 5.52. The first-order valence-electron chi connectivity index (χ1n) is 10.3. The lowest BCUT2D eigenvalue weighted by molar-refractivity contribution is 0.0690. The van der Waals surface area contributed by atoms with Gasteiger partial charge < -0.3 is 14.4 Å². The number of carboxylic acids is 1. The molecule has 1 unspecified atom stereocenters. The highest BCUT2D eigenvalue weighted by molar-refractivity contribution is 6.31. The lowest BCUT2D eigenvalue weighted by Gasteiger charge is -2.15. The Morgan fingerprint density at radius 2 is 1.71 bits per heavy atom. The highest BCUT2D eigenvalue weighted by Crippen LogP contribution is 2.33. The van der Waals surface area contributed by atoms with E-state index in [1.807, 2.05) is 30.3 Å². The zero-order chi connectivity index (χ0) is 24.2. The monoisotopic (exact) mass is 477 g/mol. The van der Waals surface area contributed by atoms with Gasteiger partial charge in [-0.2, -0.15) is 0 Å². The number of hydrogen-bond donors (Lipinski definition) is 2. The molecule has 0 saturated heterocycles. The van der Waals surface area contributed by atoms with Crippen molar-refractivity contribution in [1.82, 2.24) is 10.1 Å². The number of aromatic carboxylic acids is 1. The molecular formula is C25H20ClN3O5. The summed E-state index contributed by atoms with van der Waals surface area (Å²) in [6.07, 6.45) is 0.277. The van der Waals surface area contributed by atoms with E-state index in [9.17, 15) is 9.59 Å². The fraction of sp³-hybridized carbons (Fsp3) is 0.120. The Morgan fingerprint density at radius 1 is 1.03 bits per heavy atom. The maximum atomic E-state index is 12.6. The van der Waals surface area contributed by atoms with Crippen LogP contribution < -0.4 is 5.32 Å². The van der Waals surface area contributed by atoms with E-state index < -0.39 is 18.2 Å². The number of anilines is 1. The molecule has 0 aliphatic carbocycles. The van der Waals surface area contributed by atoms with E-state index in [0.717, 1.165) is 11.1 Å². The minimum absolute atomic E-state index is 0.0241. The summed E-state index contributed by atoms with van der Waals surface area (Å²) < 4.78 is 10.9. The van der Waals surface area contributed by atoms with E-state index >= 15 is 0 Å². The molecule has 1 amide bonds. The molecule has 4 rings (SSSR count). The van der Waals surface area contributed by atoms with Crippen LogP contribution in [-0.4, -0.2) is 27.3 Å². The second-order valence-electron chi connectivity index (χ2n) is 7.48. The topological polar surface area (TPSA) is 115 Å². The molecule has 4 aromatic rings. The van der Waals surface area contributed by atoms with Crippen LogP contribution in [0.5, 0.6) is 0 Å². The molecule has 0 saturated carbocycles. The molecule has 0 aliphatic heterocycles. The summed E-state index contributed by atoms with van der Waals surface area (Å²) in [5, 5.41) is 16.2. The number of aryl methyl sites for hydroxylation is 1. The molecule has 2 aromatic carbocycles. The molecule has 34 heavy (non-hydrogen) atoms. The highest BCUT2D eigenvalue weighted by atomic mass is 35.5. The zero-order valence-electron chi connectivity index (χ0n) is 18.3. The lowest BCUT2D eigenvalue weighted by atomic mass is 10.0.